The van der Waals surface area contributed by atoms with Gasteiger partial charge in [-0.1, -0.05) is 12.1 Å². The molecule has 6 nitrogen and oxygen atoms in total. The van der Waals surface area contributed by atoms with Crippen LogP contribution in [-0.2, 0) is 26.5 Å². The highest BCUT2D eigenvalue weighted by Gasteiger charge is 2.36. The molecule has 1 aromatic rings. The Morgan fingerprint density at radius 2 is 2.05 bits per heavy atom. The molecule has 1 aromatic carbocycles. The van der Waals surface area contributed by atoms with Gasteiger partial charge in [0.15, 0.2) is 9.84 Å². The Morgan fingerprint density at radius 1 is 1.38 bits per heavy atom. The zero-order valence-electron chi connectivity index (χ0n) is 12.0. The Hall–Kier alpha value is -0.960. The predicted molar refractivity (Wildman–Crippen MR) is 79.1 cm³/mol. The van der Waals surface area contributed by atoms with E-state index >= 15 is 0 Å². The first-order chi connectivity index (χ1) is 9.67. The third kappa shape index (κ3) is 3.28. The van der Waals surface area contributed by atoms with E-state index in [-0.39, 0.29) is 23.0 Å². The predicted octanol–water partition coefficient (Wildman–Crippen LogP) is 0.295. The molecule has 1 N–H and O–H groups in total. The molecule has 0 saturated carbocycles. The molecule has 0 radical (unpaired) electrons. The van der Waals surface area contributed by atoms with Crippen molar-refractivity contribution in [2.45, 2.75) is 30.9 Å². The average molecular weight is 333 g/mol. The lowest BCUT2D eigenvalue weighted by Gasteiger charge is -2.24. The van der Waals surface area contributed by atoms with Crippen molar-refractivity contribution >= 4 is 19.9 Å². The van der Waals surface area contributed by atoms with Crippen LogP contribution >= 0.6 is 0 Å². The van der Waals surface area contributed by atoms with Crippen LogP contribution in [0.3, 0.4) is 0 Å². The van der Waals surface area contributed by atoms with Gasteiger partial charge in [0.25, 0.3) is 0 Å². The van der Waals surface area contributed by atoms with Crippen LogP contribution in [0.2, 0.25) is 0 Å². The molecule has 8 heteroatoms. The van der Waals surface area contributed by atoms with E-state index in [1.165, 1.54) is 13.1 Å². The van der Waals surface area contributed by atoms with Crippen molar-refractivity contribution in [3.63, 3.8) is 0 Å². The third-order valence-electron chi connectivity index (χ3n) is 3.81. The summed E-state index contributed by atoms with van der Waals surface area (Å²) in [6.45, 7) is 1.43. The van der Waals surface area contributed by atoms with Crippen molar-refractivity contribution in [2.24, 2.45) is 0 Å². The van der Waals surface area contributed by atoms with E-state index in [0.717, 1.165) is 4.31 Å². The molecule has 118 valence electrons. The second-order valence-electron chi connectivity index (χ2n) is 5.34. The average Bonchev–Trinajstić information content (AvgIpc) is 2.78. The van der Waals surface area contributed by atoms with Gasteiger partial charge in [-0.3, -0.25) is 0 Å². The summed E-state index contributed by atoms with van der Waals surface area (Å²) in [7, 11) is -5.52. The normalized spacial score (nSPS) is 21.8. The largest absolute Gasteiger partial charge is 0.392 e. The standard InChI is InChI=1S/C13H19NO5S2/c1-10-3-4-11(8-15)7-13(10)21(18,19)14(2)12-5-6-20(16,17)9-12/h3-4,7,12,15H,5-6,8-9H2,1-2H3. The van der Waals surface area contributed by atoms with E-state index in [9.17, 15) is 16.8 Å². The molecule has 1 heterocycles. The zero-order valence-corrected chi connectivity index (χ0v) is 13.6. The zero-order chi connectivity index (χ0) is 15.8. The van der Waals surface area contributed by atoms with Gasteiger partial charge in [-0.25, -0.2) is 16.8 Å². The highest BCUT2D eigenvalue weighted by Crippen LogP contribution is 2.26. The fourth-order valence-electron chi connectivity index (χ4n) is 2.43. The van der Waals surface area contributed by atoms with Gasteiger partial charge in [0.2, 0.25) is 10.0 Å². The maximum Gasteiger partial charge on any atom is 0.243 e. The van der Waals surface area contributed by atoms with Crippen molar-refractivity contribution < 1.29 is 21.9 Å². The fourth-order valence-corrected chi connectivity index (χ4v) is 5.96. The summed E-state index contributed by atoms with van der Waals surface area (Å²) in [6, 6.07) is 4.20. The number of sulfone groups is 1. The second kappa shape index (κ2) is 5.68. The first-order valence-electron chi connectivity index (χ1n) is 6.56. The van der Waals surface area contributed by atoms with E-state index in [1.54, 1.807) is 19.1 Å². The van der Waals surface area contributed by atoms with Gasteiger partial charge in [0.05, 0.1) is 23.0 Å². The molecule has 1 fully saturated rings. The van der Waals surface area contributed by atoms with Gasteiger partial charge in [-0.05, 0) is 30.5 Å². The summed E-state index contributed by atoms with van der Waals surface area (Å²) >= 11 is 0. The number of aliphatic hydroxyl groups is 1. The summed E-state index contributed by atoms with van der Waals surface area (Å²) in [4.78, 5) is 0.112. The smallest absolute Gasteiger partial charge is 0.243 e. The Bertz CT molecular complexity index is 740. The van der Waals surface area contributed by atoms with Gasteiger partial charge in [0.1, 0.15) is 0 Å². The van der Waals surface area contributed by atoms with Crippen molar-refractivity contribution in [1.82, 2.24) is 4.31 Å². The first kappa shape index (κ1) is 16.4. The molecule has 1 aliphatic heterocycles. The summed E-state index contributed by atoms with van der Waals surface area (Å²) in [5.41, 5.74) is 1.08. The number of nitrogens with zero attached hydrogens (tertiary/aromatic N) is 1. The van der Waals surface area contributed by atoms with Crippen LogP contribution in [0.4, 0.5) is 0 Å². The van der Waals surface area contributed by atoms with E-state index < -0.39 is 25.9 Å². The SMILES string of the molecule is Cc1ccc(CO)cc1S(=O)(=O)N(C)C1CCS(=O)(=O)C1. The highest BCUT2D eigenvalue weighted by molar-refractivity contribution is 7.92. The van der Waals surface area contributed by atoms with Crippen molar-refractivity contribution in [2.75, 3.05) is 18.6 Å². The number of hydrogen-bond donors (Lipinski definition) is 1. The fraction of sp³-hybridized carbons (Fsp3) is 0.538. The Morgan fingerprint density at radius 3 is 2.57 bits per heavy atom. The Balaban J connectivity index is 2.38. The maximum absolute atomic E-state index is 12.7. The molecule has 0 spiro atoms. The van der Waals surface area contributed by atoms with Crippen molar-refractivity contribution in [3.05, 3.63) is 29.3 Å². The van der Waals surface area contributed by atoms with E-state index in [1.807, 2.05) is 0 Å². The van der Waals surface area contributed by atoms with E-state index in [4.69, 9.17) is 5.11 Å². The van der Waals surface area contributed by atoms with Crippen LogP contribution in [0.5, 0.6) is 0 Å². The minimum absolute atomic E-state index is 0.0210. The number of benzene rings is 1. The lowest BCUT2D eigenvalue weighted by Crippen LogP contribution is -2.38. The minimum Gasteiger partial charge on any atom is -0.392 e. The van der Waals surface area contributed by atoms with Crippen molar-refractivity contribution in [1.29, 1.82) is 0 Å². The summed E-state index contributed by atoms with van der Waals surface area (Å²) in [5, 5.41) is 9.15. The number of sulfonamides is 1. The molecule has 1 unspecified atom stereocenters. The number of rotatable bonds is 4. The van der Waals surface area contributed by atoms with E-state index in [0.29, 0.717) is 17.5 Å². The molecule has 1 saturated heterocycles. The van der Waals surface area contributed by atoms with Crippen LogP contribution in [-0.4, -0.2) is 50.8 Å². The van der Waals surface area contributed by atoms with E-state index in [2.05, 4.69) is 0 Å². The third-order valence-corrected chi connectivity index (χ3v) is 7.62. The molecule has 21 heavy (non-hydrogen) atoms. The molecule has 0 amide bonds. The monoisotopic (exact) mass is 333 g/mol. The molecule has 0 aromatic heterocycles. The van der Waals surface area contributed by atoms with Crippen LogP contribution in [0.1, 0.15) is 17.5 Å². The first-order valence-corrected chi connectivity index (χ1v) is 9.82. The molecular formula is C13H19NO5S2. The van der Waals surface area contributed by atoms with Crippen molar-refractivity contribution in [3.8, 4) is 0 Å². The van der Waals surface area contributed by atoms with Gasteiger partial charge >= 0.3 is 0 Å². The lowest BCUT2D eigenvalue weighted by molar-refractivity contribution is 0.281. The van der Waals surface area contributed by atoms with Crippen LogP contribution in [0.25, 0.3) is 0 Å². The highest BCUT2D eigenvalue weighted by atomic mass is 32.2. The second-order valence-corrected chi connectivity index (χ2v) is 9.53. The Labute approximate surface area is 125 Å². The summed E-state index contributed by atoms with van der Waals surface area (Å²) < 4.78 is 49.5. The van der Waals surface area contributed by atoms with Crippen LogP contribution < -0.4 is 0 Å². The van der Waals surface area contributed by atoms with Crippen LogP contribution in [0.15, 0.2) is 23.1 Å². The van der Waals surface area contributed by atoms with Gasteiger partial charge < -0.3 is 5.11 Å². The minimum atomic E-state index is -3.78. The topological polar surface area (TPSA) is 91.8 Å². The molecule has 0 aliphatic carbocycles. The number of aryl methyl sites for hydroxylation is 1. The number of aliphatic hydroxyl groups excluding tert-OH is 1. The lowest BCUT2D eigenvalue weighted by atomic mass is 10.2. The molecular weight excluding hydrogens is 314 g/mol. The molecule has 1 atom stereocenters. The van der Waals surface area contributed by atoms with Gasteiger partial charge in [-0.2, -0.15) is 4.31 Å². The molecule has 1 aliphatic rings. The summed E-state index contributed by atoms with van der Waals surface area (Å²) in [6.07, 6.45) is 0.316. The quantitative estimate of drug-likeness (QED) is 0.855. The Kier molecular flexibility index (Phi) is 4.44. The van der Waals surface area contributed by atoms with Crippen LogP contribution in [0, 0.1) is 6.92 Å². The molecule has 2 rings (SSSR count). The van der Waals surface area contributed by atoms with Gasteiger partial charge in [-0.15, -0.1) is 0 Å². The summed E-state index contributed by atoms with van der Waals surface area (Å²) in [5.74, 6) is -0.116. The van der Waals surface area contributed by atoms with Gasteiger partial charge in [0, 0.05) is 13.1 Å². The maximum atomic E-state index is 12.7. The number of hydrogen-bond acceptors (Lipinski definition) is 5. The molecule has 0 bridgehead atoms.